The summed E-state index contributed by atoms with van der Waals surface area (Å²) in [5.41, 5.74) is 4.09. The Balaban J connectivity index is 2.02. The molecule has 0 bridgehead atoms. The molecule has 3 rings (SSSR count). The molecular formula is C15H14O. The molecule has 16 heavy (non-hydrogen) atoms. The standard InChI is InChI=1S/C15H14O/c16-15-7-3-6-13-10-12-5-2-1-4-11(12)8-9-14(13)15/h1-7,14H,8-10H2. The summed E-state index contributed by atoms with van der Waals surface area (Å²) in [5, 5.41) is 0. The molecule has 2 aliphatic rings. The van der Waals surface area contributed by atoms with Gasteiger partial charge in [-0.25, -0.2) is 0 Å². The van der Waals surface area contributed by atoms with Crippen molar-refractivity contribution >= 4 is 5.78 Å². The van der Waals surface area contributed by atoms with Crippen molar-refractivity contribution in [3.8, 4) is 0 Å². The average molecular weight is 210 g/mol. The highest BCUT2D eigenvalue weighted by atomic mass is 16.1. The van der Waals surface area contributed by atoms with Gasteiger partial charge < -0.3 is 0 Å². The van der Waals surface area contributed by atoms with Crippen molar-refractivity contribution in [2.45, 2.75) is 19.3 Å². The third kappa shape index (κ3) is 1.53. The minimum absolute atomic E-state index is 0.136. The van der Waals surface area contributed by atoms with E-state index in [0.29, 0.717) is 0 Å². The van der Waals surface area contributed by atoms with Crippen LogP contribution in [0.1, 0.15) is 17.5 Å². The lowest BCUT2D eigenvalue weighted by Gasteiger charge is -2.17. The molecule has 0 aromatic heterocycles. The summed E-state index contributed by atoms with van der Waals surface area (Å²) < 4.78 is 0. The van der Waals surface area contributed by atoms with Gasteiger partial charge in [-0.3, -0.25) is 4.79 Å². The van der Waals surface area contributed by atoms with Gasteiger partial charge in [0.2, 0.25) is 0 Å². The van der Waals surface area contributed by atoms with Crippen molar-refractivity contribution in [3.63, 3.8) is 0 Å². The maximum Gasteiger partial charge on any atom is 0.162 e. The van der Waals surface area contributed by atoms with E-state index < -0.39 is 0 Å². The number of carbonyl (C=O) groups excluding carboxylic acids is 1. The number of carbonyl (C=O) groups is 1. The molecule has 80 valence electrons. The Morgan fingerprint density at radius 2 is 1.94 bits per heavy atom. The van der Waals surface area contributed by atoms with E-state index in [-0.39, 0.29) is 11.7 Å². The van der Waals surface area contributed by atoms with Crippen LogP contribution >= 0.6 is 0 Å². The normalized spacial score (nSPS) is 23.1. The third-order valence-corrected chi connectivity index (χ3v) is 3.58. The minimum atomic E-state index is 0.136. The van der Waals surface area contributed by atoms with Gasteiger partial charge in [-0.15, -0.1) is 0 Å². The predicted octanol–water partition coefficient (Wildman–Crippen LogP) is 2.86. The molecule has 0 spiro atoms. The topological polar surface area (TPSA) is 17.1 Å². The lowest BCUT2D eigenvalue weighted by molar-refractivity contribution is -0.117. The fourth-order valence-electron chi connectivity index (χ4n) is 2.68. The summed E-state index contributed by atoms with van der Waals surface area (Å²) in [6.07, 6.45) is 8.65. The van der Waals surface area contributed by atoms with Crippen molar-refractivity contribution < 1.29 is 4.79 Å². The molecule has 0 amide bonds. The van der Waals surface area contributed by atoms with Gasteiger partial charge in [0, 0.05) is 5.92 Å². The number of allylic oxidation sites excluding steroid dienone is 4. The van der Waals surface area contributed by atoms with Crippen molar-refractivity contribution in [2.75, 3.05) is 0 Å². The van der Waals surface area contributed by atoms with Gasteiger partial charge in [0.05, 0.1) is 0 Å². The second-order valence-electron chi connectivity index (χ2n) is 4.54. The van der Waals surface area contributed by atoms with Crippen LogP contribution in [0, 0.1) is 5.92 Å². The van der Waals surface area contributed by atoms with Gasteiger partial charge in [0.25, 0.3) is 0 Å². The van der Waals surface area contributed by atoms with Gasteiger partial charge in [0.15, 0.2) is 5.78 Å². The fourth-order valence-corrected chi connectivity index (χ4v) is 2.68. The van der Waals surface area contributed by atoms with Crippen LogP contribution < -0.4 is 0 Å². The molecule has 0 saturated carbocycles. The number of benzene rings is 1. The van der Waals surface area contributed by atoms with Gasteiger partial charge >= 0.3 is 0 Å². The number of ketones is 1. The monoisotopic (exact) mass is 210 g/mol. The zero-order valence-corrected chi connectivity index (χ0v) is 9.15. The Bertz CT molecular complexity index is 494. The summed E-state index contributed by atoms with van der Waals surface area (Å²) in [7, 11) is 0. The first-order chi connectivity index (χ1) is 7.84. The quantitative estimate of drug-likeness (QED) is 0.643. The fraction of sp³-hybridized carbons (Fsp3) is 0.267. The van der Waals surface area contributed by atoms with Crippen LogP contribution in [-0.4, -0.2) is 5.78 Å². The van der Waals surface area contributed by atoms with E-state index in [4.69, 9.17) is 0 Å². The van der Waals surface area contributed by atoms with Crippen LogP contribution in [-0.2, 0) is 17.6 Å². The van der Waals surface area contributed by atoms with Gasteiger partial charge in [-0.2, -0.15) is 0 Å². The van der Waals surface area contributed by atoms with Crippen LogP contribution in [0.2, 0.25) is 0 Å². The lowest BCUT2D eigenvalue weighted by atomic mass is 9.86. The zero-order chi connectivity index (χ0) is 11.0. The molecule has 1 aromatic rings. The van der Waals surface area contributed by atoms with E-state index in [9.17, 15) is 4.79 Å². The average Bonchev–Trinajstić information content (AvgIpc) is 2.48. The summed E-state index contributed by atoms with van der Waals surface area (Å²) in [6.45, 7) is 0. The molecule has 1 nitrogen and oxygen atoms in total. The molecule has 0 N–H and O–H groups in total. The number of rotatable bonds is 0. The van der Waals surface area contributed by atoms with Gasteiger partial charge in [0.1, 0.15) is 0 Å². The van der Waals surface area contributed by atoms with E-state index in [1.807, 2.05) is 6.08 Å². The molecule has 0 aliphatic heterocycles. The Kier molecular flexibility index (Phi) is 2.24. The Hall–Kier alpha value is -1.63. The Morgan fingerprint density at radius 1 is 1.12 bits per heavy atom. The summed E-state index contributed by atoms with van der Waals surface area (Å²) in [4.78, 5) is 11.8. The zero-order valence-electron chi connectivity index (χ0n) is 9.15. The predicted molar refractivity (Wildman–Crippen MR) is 64.2 cm³/mol. The van der Waals surface area contributed by atoms with Crippen LogP contribution in [0.3, 0.4) is 0 Å². The molecule has 2 aliphatic carbocycles. The molecule has 0 radical (unpaired) electrons. The SMILES string of the molecule is O=C1C=CC=C2Cc3ccccc3CCC12. The Morgan fingerprint density at radius 3 is 2.81 bits per heavy atom. The lowest BCUT2D eigenvalue weighted by Crippen LogP contribution is -2.17. The number of hydrogen-bond acceptors (Lipinski definition) is 1. The number of aryl methyl sites for hydroxylation is 1. The Labute approximate surface area is 95.5 Å². The first kappa shape index (κ1) is 9.59. The largest absolute Gasteiger partial charge is 0.294 e. The van der Waals surface area contributed by atoms with E-state index in [2.05, 4.69) is 30.3 Å². The second kappa shape index (κ2) is 3.75. The number of fused-ring (bicyclic) bond motifs is 2. The third-order valence-electron chi connectivity index (χ3n) is 3.58. The van der Waals surface area contributed by atoms with Crippen LogP contribution in [0.4, 0.5) is 0 Å². The maximum atomic E-state index is 11.8. The van der Waals surface area contributed by atoms with Crippen molar-refractivity contribution in [1.29, 1.82) is 0 Å². The smallest absolute Gasteiger partial charge is 0.162 e. The van der Waals surface area contributed by atoms with Gasteiger partial charge in [-0.1, -0.05) is 42.0 Å². The van der Waals surface area contributed by atoms with Gasteiger partial charge in [-0.05, 0) is 36.5 Å². The molecule has 1 heteroatoms. The maximum absolute atomic E-state index is 11.8. The highest BCUT2D eigenvalue weighted by Crippen LogP contribution is 2.31. The van der Waals surface area contributed by atoms with Crippen molar-refractivity contribution in [1.82, 2.24) is 0 Å². The first-order valence-electron chi connectivity index (χ1n) is 5.82. The summed E-state index contributed by atoms with van der Waals surface area (Å²) >= 11 is 0. The molecule has 0 saturated heterocycles. The molecule has 1 unspecified atom stereocenters. The second-order valence-corrected chi connectivity index (χ2v) is 4.54. The molecule has 1 aromatic carbocycles. The molecular weight excluding hydrogens is 196 g/mol. The summed E-state index contributed by atoms with van der Waals surface area (Å²) in [5.74, 6) is 0.419. The first-order valence-corrected chi connectivity index (χ1v) is 5.82. The highest BCUT2D eigenvalue weighted by Gasteiger charge is 2.26. The van der Waals surface area contributed by atoms with Crippen molar-refractivity contribution in [2.24, 2.45) is 5.92 Å². The highest BCUT2D eigenvalue weighted by molar-refractivity contribution is 5.95. The minimum Gasteiger partial charge on any atom is -0.294 e. The van der Waals surface area contributed by atoms with Crippen molar-refractivity contribution in [3.05, 3.63) is 59.2 Å². The summed E-state index contributed by atoms with van der Waals surface area (Å²) in [6, 6.07) is 8.54. The van der Waals surface area contributed by atoms with Crippen LogP contribution in [0.5, 0.6) is 0 Å². The van der Waals surface area contributed by atoms with E-state index in [1.165, 1.54) is 16.7 Å². The number of hydrogen-bond donors (Lipinski definition) is 0. The van der Waals surface area contributed by atoms with E-state index >= 15 is 0 Å². The molecule has 0 heterocycles. The van der Waals surface area contributed by atoms with E-state index in [0.717, 1.165) is 19.3 Å². The van der Waals surface area contributed by atoms with Crippen LogP contribution in [0.25, 0.3) is 0 Å². The van der Waals surface area contributed by atoms with E-state index in [1.54, 1.807) is 6.08 Å². The molecule has 1 atom stereocenters. The molecule has 0 fully saturated rings. The van der Waals surface area contributed by atoms with Crippen LogP contribution in [0.15, 0.2) is 48.1 Å².